The highest BCUT2D eigenvalue weighted by Crippen LogP contribution is 2.34. The van der Waals surface area contributed by atoms with Crippen molar-refractivity contribution in [1.29, 1.82) is 0 Å². The van der Waals surface area contributed by atoms with Crippen LogP contribution in [0.5, 0.6) is 0 Å². The molecule has 0 unspecified atom stereocenters. The van der Waals surface area contributed by atoms with Gasteiger partial charge in [0.2, 0.25) is 0 Å². The summed E-state index contributed by atoms with van der Waals surface area (Å²) in [7, 11) is 0. The Morgan fingerprint density at radius 3 is 2.78 bits per heavy atom. The van der Waals surface area contributed by atoms with Crippen LogP contribution in [0, 0.1) is 6.92 Å². The number of benzene rings is 1. The van der Waals surface area contributed by atoms with E-state index >= 15 is 0 Å². The highest BCUT2D eigenvalue weighted by Gasteiger charge is 2.30. The molecular formula is C14H14N2O2. The first-order valence-electron chi connectivity index (χ1n) is 6.01. The summed E-state index contributed by atoms with van der Waals surface area (Å²) in [6.07, 6.45) is 1.52. The van der Waals surface area contributed by atoms with Crippen molar-refractivity contribution in [3.8, 4) is 0 Å². The molecular weight excluding hydrogens is 228 g/mol. The zero-order chi connectivity index (χ0) is 12.5. The zero-order valence-corrected chi connectivity index (χ0v) is 10.1. The summed E-state index contributed by atoms with van der Waals surface area (Å²) in [6, 6.07) is 10.2. The van der Waals surface area contributed by atoms with Gasteiger partial charge >= 0.3 is 0 Å². The summed E-state index contributed by atoms with van der Waals surface area (Å²) in [5, 5.41) is 16.5. The Labute approximate surface area is 105 Å². The largest absolute Gasteiger partial charge is 0.411 e. The van der Waals surface area contributed by atoms with Crippen LogP contribution < -0.4 is 0 Å². The Morgan fingerprint density at radius 1 is 1.28 bits per heavy atom. The number of rotatable bonds is 1. The summed E-state index contributed by atoms with van der Waals surface area (Å²) in [5.74, 6) is 1.11. The molecule has 1 atom stereocenters. The highest BCUT2D eigenvalue weighted by molar-refractivity contribution is 6.03. The number of fused-ring (bicyclic) bond motifs is 1. The molecule has 18 heavy (non-hydrogen) atoms. The first-order chi connectivity index (χ1) is 8.79. The third-order valence-corrected chi connectivity index (χ3v) is 3.49. The average Bonchev–Trinajstić information content (AvgIpc) is 2.81. The molecule has 0 aliphatic heterocycles. The third-order valence-electron chi connectivity index (χ3n) is 3.49. The minimum absolute atomic E-state index is 0.289. The molecule has 1 aromatic heterocycles. The monoisotopic (exact) mass is 242 g/mol. The second-order valence-electron chi connectivity index (χ2n) is 4.63. The van der Waals surface area contributed by atoms with Crippen LogP contribution in [0.2, 0.25) is 0 Å². The molecule has 92 valence electrons. The number of nitrogens with zero attached hydrogens (tertiary/aromatic N) is 2. The van der Waals surface area contributed by atoms with E-state index in [1.165, 1.54) is 5.56 Å². The van der Waals surface area contributed by atoms with Crippen molar-refractivity contribution in [1.82, 2.24) is 5.16 Å². The number of oxime groups is 1. The Bertz CT molecular complexity index is 587. The quantitative estimate of drug-likeness (QED) is 0.618. The molecule has 4 heteroatoms. The van der Waals surface area contributed by atoms with Crippen LogP contribution in [0.15, 0.2) is 40.0 Å². The van der Waals surface area contributed by atoms with Crippen molar-refractivity contribution in [3.05, 3.63) is 52.9 Å². The highest BCUT2D eigenvalue weighted by atomic mass is 16.5. The van der Waals surface area contributed by atoms with Gasteiger partial charge in [-0.1, -0.05) is 40.6 Å². The molecule has 0 fully saturated rings. The fourth-order valence-corrected chi connectivity index (χ4v) is 2.61. The van der Waals surface area contributed by atoms with Gasteiger partial charge in [0.1, 0.15) is 5.76 Å². The molecule has 0 radical (unpaired) electrons. The Kier molecular flexibility index (Phi) is 2.63. The molecule has 1 heterocycles. The Morgan fingerprint density at radius 2 is 2.06 bits per heavy atom. The van der Waals surface area contributed by atoms with E-state index in [9.17, 15) is 0 Å². The lowest BCUT2D eigenvalue weighted by atomic mass is 9.82. The molecule has 2 aromatic rings. The second kappa shape index (κ2) is 4.29. The van der Waals surface area contributed by atoms with Gasteiger partial charge in [0.15, 0.2) is 0 Å². The van der Waals surface area contributed by atoms with Gasteiger partial charge < -0.3 is 9.73 Å². The number of aromatic nitrogens is 1. The van der Waals surface area contributed by atoms with Gasteiger partial charge in [-0.25, -0.2) is 0 Å². The van der Waals surface area contributed by atoms with Gasteiger partial charge in [-0.05, 0) is 18.4 Å². The van der Waals surface area contributed by atoms with Crippen molar-refractivity contribution in [2.45, 2.75) is 25.7 Å². The predicted molar refractivity (Wildman–Crippen MR) is 67.1 cm³/mol. The molecule has 4 nitrogen and oxygen atoms in total. The van der Waals surface area contributed by atoms with E-state index in [-0.39, 0.29) is 5.92 Å². The Balaban J connectivity index is 2.01. The van der Waals surface area contributed by atoms with Crippen LogP contribution in [0.4, 0.5) is 0 Å². The Hall–Kier alpha value is -2.10. The van der Waals surface area contributed by atoms with Crippen LogP contribution in [-0.4, -0.2) is 16.1 Å². The number of hydrogen-bond donors (Lipinski definition) is 1. The van der Waals surface area contributed by atoms with Gasteiger partial charge in [0.05, 0.1) is 17.0 Å². The van der Waals surface area contributed by atoms with Crippen LogP contribution in [-0.2, 0) is 6.42 Å². The fraction of sp³-hybridized carbons (Fsp3) is 0.286. The molecule has 0 amide bonds. The SMILES string of the molecule is Cc1noc2c1/C(=N\O)C[C@H](c1ccccc1)C2. The summed E-state index contributed by atoms with van der Waals surface area (Å²) in [4.78, 5) is 0. The lowest BCUT2D eigenvalue weighted by Crippen LogP contribution is -2.19. The van der Waals surface area contributed by atoms with E-state index in [1.54, 1.807) is 0 Å². The van der Waals surface area contributed by atoms with Gasteiger partial charge in [0.25, 0.3) is 0 Å². The molecule has 0 saturated heterocycles. The molecule has 1 aliphatic rings. The lowest BCUT2D eigenvalue weighted by molar-refractivity contribution is 0.315. The second-order valence-corrected chi connectivity index (χ2v) is 4.63. The molecule has 3 rings (SSSR count). The number of aryl methyl sites for hydroxylation is 1. The predicted octanol–water partition coefficient (Wildman–Crippen LogP) is 2.89. The normalized spacial score (nSPS) is 20.9. The minimum atomic E-state index is 0.289. The van der Waals surface area contributed by atoms with E-state index < -0.39 is 0 Å². The van der Waals surface area contributed by atoms with Gasteiger partial charge in [-0.3, -0.25) is 0 Å². The molecule has 1 aliphatic carbocycles. The minimum Gasteiger partial charge on any atom is -0.411 e. The van der Waals surface area contributed by atoms with Crippen LogP contribution >= 0.6 is 0 Å². The molecule has 0 bridgehead atoms. The summed E-state index contributed by atoms with van der Waals surface area (Å²) in [5.41, 5.74) is 3.58. The van der Waals surface area contributed by atoms with Crippen molar-refractivity contribution >= 4 is 5.71 Å². The maximum atomic E-state index is 9.16. The average molecular weight is 242 g/mol. The molecule has 1 N–H and O–H groups in total. The maximum Gasteiger partial charge on any atom is 0.146 e. The summed E-state index contributed by atoms with van der Waals surface area (Å²) in [6.45, 7) is 1.87. The topological polar surface area (TPSA) is 58.6 Å². The van der Waals surface area contributed by atoms with Crippen molar-refractivity contribution < 1.29 is 9.73 Å². The van der Waals surface area contributed by atoms with Gasteiger partial charge in [0, 0.05) is 12.8 Å². The number of hydrogen-bond acceptors (Lipinski definition) is 4. The molecule has 0 saturated carbocycles. The molecule has 1 aromatic carbocycles. The molecule has 0 spiro atoms. The standard InChI is InChI=1S/C14H14N2O2/c1-9-14-12(15-17)7-11(8-13(14)18-16-9)10-5-3-2-4-6-10/h2-6,11,17H,7-8H2,1H3/b15-12-/t11-/m0/s1. The van der Waals surface area contributed by atoms with E-state index in [4.69, 9.17) is 9.73 Å². The summed E-state index contributed by atoms with van der Waals surface area (Å²) >= 11 is 0. The van der Waals surface area contributed by atoms with Crippen molar-refractivity contribution in [3.63, 3.8) is 0 Å². The van der Waals surface area contributed by atoms with E-state index in [0.717, 1.165) is 29.9 Å². The first-order valence-corrected chi connectivity index (χ1v) is 6.01. The lowest BCUT2D eigenvalue weighted by Gasteiger charge is -2.21. The van der Waals surface area contributed by atoms with Gasteiger partial charge in [-0.15, -0.1) is 0 Å². The fourth-order valence-electron chi connectivity index (χ4n) is 2.61. The van der Waals surface area contributed by atoms with Crippen LogP contribution in [0.3, 0.4) is 0 Å². The van der Waals surface area contributed by atoms with E-state index in [2.05, 4.69) is 22.4 Å². The van der Waals surface area contributed by atoms with Crippen molar-refractivity contribution in [2.24, 2.45) is 5.16 Å². The van der Waals surface area contributed by atoms with E-state index in [0.29, 0.717) is 5.71 Å². The summed E-state index contributed by atoms with van der Waals surface area (Å²) < 4.78 is 5.33. The zero-order valence-electron chi connectivity index (χ0n) is 10.1. The van der Waals surface area contributed by atoms with Crippen molar-refractivity contribution in [2.75, 3.05) is 0 Å². The third kappa shape index (κ3) is 1.70. The van der Waals surface area contributed by atoms with Gasteiger partial charge in [-0.2, -0.15) is 0 Å². The van der Waals surface area contributed by atoms with Crippen LogP contribution in [0.25, 0.3) is 0 Å². The van der Waals surface area contributed by atoms with E-state index in [1.807, 2.05) is 25.1 Å². The first kappa shape index (κ1) is 11.0. The van der Waals surface area contributed by atoms with Crippen LogP contribution in [0.1, 0.15) is 34.9 Å². The smallest absolute Gasteiger partial charge is 0.146 e. The maximum absolute atomic E-state index is 9.16.